The van der Waals surface area contributed by atoms with Crippen molar-refractivity contribution in [1.29, 1.82) is 0 Å². The molecule has 0 spiro atoms. The summed E-state index contributed by atoms with van der Waals surface area (Å²) in [5, 5.41) is 6.00. The fourth-order valence-electron chi connectivity index (χ4n) is 2.75. The van der Waals surface area contributed by atoms with Gasteiger partial charge in [0.05, 0.1) is 17.8 Å². The van der Waals surface area contributed by atoms with Crippen LogP contribution >= 0.6 is 27.3 Å². The zero-order valence-electron chi connectivity index (χ0n) is 12.9. The standard InChI is InChI=1S/C17H20BrN3OS/c18-15-7-3-2-6-14(15)17(22)19-10-16-20-13(12-23-16)11-21-8-4-1-5-9-21/h2-3,6-7,12H,1,4-5,8-11H2,(H,19,22). The average Bonchev–Trinajstić information content (AvgIpc) is 3.01. The second-order valence-electron chi connectivity index (χ2n) is 5.73. The van der Waals surface area contributed by atoms with Crippen molar-refractivity contribution >= 4 is 33.2 Å². The molecule has 1 saturated heterocycles. The smallest absolute Gasteiger partial charge is 0.252 e. The van der Waals surface area contributed by atoms with Gasteiger partial charge in [-0.25, -0.2) is 4.98 Å². The molecule has 0 radical (unpaired) electrons. The SMILES string of the molecule is O=C(NCc1nc(CN2CCCCC2)cs1)c1ccccc1Br. The van der Waals surface area contributed by atoms with Crippen molar-refractivity contribution in [3.8, 4) is 0 Å². The zero-order valence-corrected chi connectivity index (χ0v) is 15.3. The van der Waals surface area contributed by atoms with Gasteiger partial charge in [0, 0.05) is 16.4 Å². The number of nitrogens with one attached hydrogen (secondary N) is 1. The minimum atomic E-state index is -0.0785. The Morgan fingerprint density at radius 1 is 1.26 bits per heavy atom. The maximum Gasteiger partial charge on any atom is 0.252 e. The van der Waals surface area contributed by atoms with E-state index in [9.17, 15) is 4.79 Å². The fourth-order valence-corrected chi connectivity index (χ4v) is 3.94. The number of piperidine rings is 1. The minimum Gasteiger partial charge on any atom is -0.345 e. The lowest BCUT2D eigenvalue weighted by Gasteiger charge is -2.25. The van der Waals surface area contributed by atoms with Crippen LogP contribution in [0, 0.1) is 0 Å². The number of halogens is 1. The lowest BCUT2D eigenvalue weighted by Crippen LogP contribution is -2.29. The number of rotatable bonds is 5. The molecule has 23 heavy (non-hydrogen) atoms. The van der Waals surface area contributed by atoms with Crippen LogP contribution in [-0.4, -0.2) is 28.9 Å². The number of carbonyl (C=O) groups is 1. The maximum absolute atomic E-state index is 12.2. The molecular formula is C17H20BrN3OS. The van der Waals surface area contributed by atoms with Crippen LogP contribution in [0.1, 0.15) is 40.3 Å². The summed E-state index contributed by atoms with van der Waals surface area (Å²) in [6.07, 6.45) is 3.93. The van der Waals surface area contributed by atoms with Crippen LogP contribution in [0.3, 0.4) is 0 Å². The summed E-state index contributed by atoms with van der Waals surface area (Å²) in [4.78, 5) is 19.3. The summed E-state index contributed by atoms with van der Waals surface area (Å²) < 4.78 is 0.808. The highest BCUT2D eigenvalue weighted by atomic mass is 79.9. The predicted molar refractivity (Wildman–Crippen MR) is 96.6 cm³/mol. The molecule has 1 aromatic carbocycles. The number of nitrogens with zero attached hydrogens (tertiary/aromatic N) is 2. The first kappa shape index (κ1) is 16.6. The molecule has 4 nitrogen and oxygen atoms in total. The first-order chi connectivity index (χ1) is 11.2. The minimum absolute atomic E-state index is 0.0785. The molecule has 0 aliphatic carbocycles. The van der Waals surface area contributed by atoms with E-state index in [1.54, 1.807) is 11.3 Å². The third-order valence-electron chi connectivity index (χ3n) is 3.95. The van der Waals surface area contributed by atoms with E-state index in [1.165, 1.54) is 32.4 Å². The fraction of sp³-hybridized carbons (Fsp3) is 0.412. The Morgan fingerprint density at radius 3 is 2.83 bits per heavy atom. The van der Waals surface area contributed by atoms with Crippen molar-refractivity contribution in [2.24, 2.45) is 0 Å². The Bertz CT molecular complexity index is 667. The molecule has 0 bridgehead atoms. The third-order valence-corrected chi connectivity index (χ3v) is 5.54. The summed E-state index contributed by atoms with van der Waals surface area (Å²) in [5.74, 6) is -0.0785. The summed E-state index contributed by atoms with van der Waals surface area (Å²) in [6, 6.07) is 7.44. The molecule has 0 saturated carbocycles. The zero-order chi connectivity index (χ0) is 16.1. The molecule has 1 aliphatic heterocycles. The lowest BCUT2D eigenvalue weighted by atomic mass is 10.1. The Hall–Kier alpha value is -1.24. The molecule has 3 rings (SSSR count). The molecule has 0 atom stereocenters. The van der Waals surface area contributed by atoms with Gasteiger partial charge in [0.15, 0.2) is 0 Å². The van der Waals surface area contributed by atoms with E-state index in [4.69, 9.17) is 0 Å². The van der Waals surface area contributed by atoms with E-state index in [1.807, 2.05) is 24.3 Å². The van der Waals surface area contributed by atoms with Gasteiger partial charge in [-0.1, -0.05) is 18.6 Å². The van der Waals surface area contributed by atoms with Crippen LogP contribution in [-0.2, 0) is 13.1 Å². The predicted octanol–water partition coefficient (Wildman–Crippen LogP) is 3.82. The molecule has 6 heteroatoms. The molecule has 2 heterocycles. The number of likely N-dealkylation sites (tertiary alicyclic amines) is 1. The van der Waals surface area contributed by atoms with E-state index in [-0.39, 0.29) is 5.91 Å². The van der Waals surface area contributed by atoms with Crippen molar-refractivity contribution in [2.75, 3.05) is 13.1 Å². The van der Waals surface area contributed by atoms with Gasteiger partial charge in [-0.2, -0.15) is 0 Å². The summed E-state index contributed by atoms with van der Waals surface area (Å²) in [7, 11) is 0. The quantitative estimate of drug-likeness (QED) is 0.839. The van der Waals surface area contributed by atoms with Crippen molar-refractivity contribution in [2.45, 2.75) is 32.4 Å². The monoisotopic (exact) mass is 393 g/mol. The number of hydrogen-bond acceptors (Lipinski definition) is 4. The van der Waals surface area contributed by atoms with Crippen molar-refractivity contribution in [3.05, 3.63) is 50.4 Å². The second-order valence-corrected chi connectivity index (χ2v) is 7.53. The van der Waals surface area contributed by atoms with Crippen molar-refractivity contribution < 1.29 is 4.79 Å². The normalized spacial score (nSPS) is 15.5. The van der Waals surface area contributed by atoms with Crippen LogP contribution in [0.25, 0.3) is 0 Å². The summed E-state index contributed by atoms with van der Waals surface area (Å²) in [6.45, 7) is 3.75. The third kappa shape index (κ3) is 4.62. The van der Waals surface area contributed by atoms with Gasteiger partial charge in [-0.3, -0.25) is 9.69 Å². The number of aromatic nitrogens is 1. The first-order valence-electron chi connectivity index (χ1n) is 7.91. The van der Waals surface area contributed by atoms with Crippen LogP contribution in [0.4, 0.5) is 0 Å². The van der Waals surface area contributed by atoms with Crippen LogP contribution in [0.2, 0.25) is 0 Å². The van der Waals surface area contributed by atoms with E-state index in [0.717, 1.165) is 21.7 Å². The highest BCUT2D eigenvalue weighted by Gasteiger charge is 2.13. The number of thiazole rings is 1. The Kier molecular flexibility index (Phi) is 5.80. The van der Waals surface area contributed by atoms with Crippen molar-refractivity contribution in [3.63, 3.8) is 0 Å². The topological polar surface area (TPSA) is 45.2 Å². The molecule has 1 amide bonds. The largest absolute Gasteiger partial charge is 0.345 e. The number of carbonyl (C=O) groups excluding carboxylic acids is 1. The number of amides is 1. The van der Waals surface area contributed by atoms with Crippen LogP contribution < -0.4 is 5.32 Å². The number of hydrogen-bond donors (Lipinski definition) is 1. The van der Waals surface area contributed by atoms with Gasteiger partial charge < -0.3 is 5.32 Å². The molecule has 1 N–H and O–H groups in total. The summed E-state index contributed by atoms with van der Waals surface area (Å²) >= 11 is 5.02. The van der Waals surface area contributed by atoms with Gasteiger partial charge in [0.2, 0.25) is 0 Å². The second kappa shape index (κ2) is 8.04. The van der Waals surface area contributed by atoms with Gasteiger partial charge in [-0.05, 0) is 54.0 Å². The van der Waals surface area contributed by atoms with Crippen molar-refractivity contribution in [1.82, 2.24) is 15.2 Å². The molecule has 2 aromatic rings. The average molecular weight is 394 g/mol. The molecule has 1 aliphatic rings. The molecule has 122 valence electrons. The Balaban J connectivity index is 1.53. The number of benzene rings is 1. The highest BCUT2D eigenvalue weighted by Crippen LogP contribution is 2.17. The summed E-state index contributed by atoms with van der Waals surface area (Å²) in [5.41, 5.74) is 1.76. The van der Waals surface area contributed by atoms with Crippen LogP contribution in [0.5, 0.6) is 0 Å². The van der Waals surface area contributed by atoms with Gasteiger partial charge in [-0.15, -0.1) is 11.3 Å². The molecule has 0 unspecified atom stereocenters. The molecular weight excluding hydrogens is 374 g/mol. The van der Waals surface area contributed by atoms with E-state index < -0.39 is 0 Å². The van der Waals surface area contributed by atoms with E-state index in [0.29, 0.717) is 12.1 Å². The highest BCUT2D eigenvalue weighted by molar-refractivity contribution is 9.10. The van der Waals surface area contributed by atoms with Gasteiger partial charge in [0.1, 0.15) is 5.01 Å². The molecule has 1 aromatic heterocycles. The van der Waals surface area contributed by atoms with E-state index >= 15 is 0 Å². The Labute approximate surface area is 149 Å². The Morgan fingerprint density at radius 2 is 2.04 bits per heavy atom. The molecule has 1 fully saturated rings. The lowest BCUT2D eigenvalue weighted by molar-refractivity contribution is 0.0950. The van der Waals surface area contributed by atoms with Gasteiger partial charge >= 0.3 is 0 Å². The van der Waals surface area contributed by atoms with E-state index in [2.05, 4.69) is 36.5 Å². The van der Waals surface area contributed by atoms with Gasteiger partial charge in [0.25, 0.3) is 5.91 Å². The van der Waals surface area contributed by atoms with Crippen LogP contribution in [0.15, 0.2) is 34.1 Å². The first-order valence-corrected chi connectivity index (χ1v) is 9.58. The maximum atomic E-state index is 12.2.